The van der Waals surface area contributed by atoms with Gasteiger partial charge in [-0.2, -0.15) is 0 Å². The van der Waals surface area contributed by atoms with Gasteiger partial charge in [-0.05, 0) is 68.3 Å². The van der Waals surface area contributed by atoms with Crippen molar-refractivity contribution in [2.24, 2.45) is 5.92 Å². The van der Waals surface area contributed by atoms with Gasteiger partial charge in [0.25, 0.3) is 0 Å². The number of hydrogen-bond acceptors (Lipinski definition) is 5. The Balaban J connectivity index is 1.37. The standard InChI is InChI=1S/C30H41N5O3/c1-3-23(2)16-28(24-8-5-4-6-9-24)12-14-29(15-13-28)20-34(19-26(36)33-25-17-31-22-32-18-25)27(37)35(29)21-30(38)10-7-11-30/h4-6,8-9,17-18,22-23,38H,3,7,10-16,19-21H2,1-2H3,(H,33,36)/t23?,28-,29-. The highest BCUT2D eigenvalue weighted by atomic mass is 16.3. The second kappa shape index (κ2) is 10.6. The second-order valence-corrected chi connectivity index (χ2v) is 12.1. The van der Waals surface area contributed by atoms with Crippen LogP contribution in [0.5, 0.6) is 0 Å². The maximum absolute atomic E-state index is 13.8. The Morgan fingerprint density at radius 2 is 1.76 bits per heavy atom. The third-order valence-electron chi connectivity index (χ3n) is 9.43. The molecule has 2 aliphatic carbocycles. The van der Waals surface area contributed by atoms with Crippen LogP contribution in [0.25, 0.3) is 0 Å². The Morgan fingerprint density at radius 1 is 1.08 bits per heavy atom. The van der Waals surface area contributed by atoms with Crippen molar-refractivity contribution in [3.63, 3.8) is 0 Å². The Hall–Kier alpha value is -3.00. The van der Waals surface area contributed by atoms with Gasteiger partial charge in [-0.1, -0.05) is 50.6 Å². The molecule has 2 N–H and O–H groups in total. The predicted molar refractivity (Wildman–Crippen MR) is 147 cm³/mol. The van der Waals surface area contributed by atoms with E-state index in [1.54, 1.807) is 4.90 Å². The van der Waals surface area contributed by atoms with Crippen molar-refractivity contribution in [3.8, 4) is 0 Å². The molecule has 2 heterocycles. The summed E-state index contributed by atoms with van der Waals surface area (Å²) in [7, 11) is 0. The maximum atomic E-state index is 13.8. The fraction of sp³-hybridized carbons (Fsp3) is 0.600. The summed E-state index contributed by atoms with van der Waals surface area (Å²) in [4.78, 5) is 38.1. The zero-order chi connectivity index (χ0) is 26.8. The van der Waals surface area contributed by atoms with Crippen molar-refractivity contribution in [1.82, 2.24) is 19.8 Å². The molecule has 2 aromatic rings. The van der Waals surface area contributed by atoms with Gasteiger partial charge < -0.3 is 20.2 Å². The smallest absolute Gasteiger partial charge is 0.321 e. The van der Waals surface area contributed by atoms with Gasteiger partial charge in [-0.25, -0.2) is 14.8 Å². The van der Waals surface area contributed by atoms with Crippen molar-refractivity contribution < 1.29 is 14.7 Å². The molecule has 8 heteroatoms. The number of urea groups is 1. The first-order chi connectivity index (χ1) is 18.3. The number of carbonyl (C=O) groups excluding carboxylic acids is 2. The number of nitrogens with zero attached hydrogens (tertiary/aromatic N) is 4. The van der Waals surface area contributed by atoms with Gasteiger partial charge in [0.05, 0.1) is 35.8 Å². The Bertz CT molecular complexity index is 1110. The lowest BCUT2D eigenvalue weighted by Crippen LogP contribution is -2.58. The van der Waals surface area contributed by atoms with Crippen LogP contribution in [-0.2, 0) is 10.2 Å². The number of β-amino-alcohol motifs (C(OH)–C–C–N with tert-alkyl or cyclic N) is 1. The van der Waals surface area contributed by atoms with E-state index >= 15 is 0 Å². The Morgan fingerprint density at radius 3 is 2.37 bits per heavy atom. The molecule has 1 unspecified atom stereocenters. The molecule has 1 spiro atoms. The molecule has 1 saturated heterocycles. The van der Waals surface area contributed by atoms with Crippen molar-refractivity contribution in [1.29, 1.82) is 0 Å². The molecule has 0 radical (unpaired) electrons. The average molecular weight is 520 g/mol. The first-order valence-corrected chi connectivity index (χ1v) is 14.2. The fourth-order valence-electron chi connectivity index (χ4n) is 6.85. The zero-order valence-electron chi connectivity index (χ0n) is 22.7. The lowest BCUT2D eigenvalue weighted by molar-refractivity contribution is -0.116. The van der Waals surface area contributed by atoms with Crippen LogP contribution in [0, 0.1) is 5.92 Å². The first-order valence-electron chi connectivity index (χ1n) is 14.2. The molecule has 3 aliphatic rings. The van der Waals surface area contributed by atoms with Crippen LogP contribution < -0.4 is 5.32 Å². The molecule has 1 atom stereocenters. The molecular formula is C30H41N5O3. The zero-order valence-corrected chi connectivity index (χ0v) is 22.7. The number of benzene rings is 1. The average Bonchev–Trinajstić information content (AvgIpc) is 3.15. The van der Waals surface area contributed by atoms with Crippen molar-refractivity contribution >= 4 is 17.6 Å². The van der Waals surface area contributed by atoms with E-state index in [1.165, 1.54) is 24.3 Å². The van der Waals surface area contributed by atoms with Crippen molar-refractivity contribution in [2.75, 3.05) is 25.0 Å². The molecule has 38 heavy (non-hydrogen) atoms. The van der Waals surface area contributed by atoms with E-state index in [9.17, 15) is 14.7 Å². The third-order valence-corrected chi connectivity index (χ3v) is 9.43. The van der Waals surface area contributed by atoms with E-state index in [0.29, 0.717) is 24.7 Å². The van der Waals surface area contributed by atoms with Crippen LogP contribution in [0.4, 0.5) is 10.5 Å². The quantitative estimate of drug-likeness (QED) is 0.498. The van der Waals surface area contributed by atoms with E-state index in [1.807, 2.05) is 4.90 Å². The summed E-state index contributed by atoms with van der Waals surface area (Å²) in [6.07, 6.45) is 12.9. The lowest BCUT2D eigenvalue weighted by atomic mass is 9.60. The monoisotopic (exact) mass is 519 g/mol. The Labute approximate surface area is 225 Å². The van der Waals surface area contributed by atoms with Gasteiger partial charge in [0, 0.05) is 6.54 Å². The first kappa shape index (κ1) is 26.6. The minimum absolute atomic E-state index is 0.0267. The third kappa shape index (κ3) is 5.28. The number of rotatable bonds is 9. The van der Waals surface area contributed by atoms with Crippen molar-refractivity contribution in [2.45, 2.75) is 88.2 Å². The second-order valence-electron chi connectivity index (χ2n) is 12.1. The minimum Gasteiger partial charge on any atom is -0.388 e. The molecule has 3 fully saturated rings. The van der Waals surface area contributed by atoms with Crippen LogP contribution >= 0.6 is 0 Å². The molecule has 0 bridgehead atoms. The number of aromatic nitrogens is 2. The summed E-state index contributed by atoms with van der Waals surface area (Å²) in [5.74, 6) is 0.349. The van der Waals surface area contributed by atoms with Crippen LogP contribution in [0.2, 0.25) is 0 Å². The SMILES string of the molecule is CCC(C)C[C@]1(c2ccccc2)CC[C@]2(CC1)CN(CC(=O)Nc1cncnc1)C(=O)N2CC1(O)CCC1. The van der Waals surface area contributed by atoms with Crippen LogP contribution in [0.1, 0.15) is 77.2 Å². The summed E-state index contributed by atoms with van der Waals surface area (Å²) in [5.41, 5.74) is 0.807. The van der Waals surface area contributed by atoms with E-state index in [4.69, 9.17) is 0 Å². The highest BCUT2D eigenvalue weighted by Crippen LogP contribution is 2.51. The van der Waals surface area contributed by atoms with Crippen LogP contribution in [-0.4, -0.2) is 67.6 Å². The van der Waals surface area contributed by atoms with Gasteiger partial charge in [-0.3, -0.25) is 4.79 Å². The molecular weight excluding hydrogens is 478 g/mol. The molecule has 8 nitrogen and oxygen atoms in total. The number of hydrogen-bond donors (Lipinski definition) is 2. The van der Waals surface area contributed by atoms with Gasteiger partial charge in [-0.15, -0.1) is 0 Å². The van der Waals surface area contributed by atoms with E-state index < -0.39 is 5.60 Å². The van der Waals surface area contributed by atoms with Crippen LogP contribution in [0.15, 0.2) is 49.1 Å². The summed E-state index contributed by atoms with van der Waals surface area (Å²) in [6.45, 7) is 5.43. The number of aliphatic hydroxyl groups is 1. The molecule has 1 aromatic heterocycles. The lowest BCUT2D eigenvalue weighted by Gasteiger charge is -2.51. The highest BCUT2D eigenvalue weighted by Gasteiger charge is 2.56. The maximum Gasteiger partial charge on any atom is 0.321 e. The molecule has 3 amide bonds. The molecule has 204 valence electrons. The molecule has 1 aromatic carbocycles. The number of anilines is 1. The summed E-state index contributed by atoms with van der Waals surface area (Å²) in [6, 6.07) is 10.7. The molecule has 2 saturated carbocycles. The number of carbonyl (C=O) groups is 2. The minimum atomic E-state index is -0.813. The Kier molecular flexibility index (Phi) is 7.45. The van der Waals surface area contributed by atoms with E-state index in [0.717, 1.165) is 57.8 Å². The van der Waals surface area contributed by atoms with Crippen LogP contribution in [0.3, 0.4) is 0 Å². The van der Waals surface area contributed by atoms with E-state index in [2.05, 4.69) is 59.5 Å². The van der Waals surface area contributed by atoms with Gasteiger partial charge in [0.15, 0.2) is 0 Å². The largest absolute Gasteiger partial charge is 0.388 e. The summed E-state index contributed by atoms with van der Waals surface area (Å²) >= 11 is 0. The summed E-state index contributed by atoms with van der Waals surface area (Å²) < 4.78 is 0. The van der Waals surface area contributed by atoms with Gasteiger partial charge in [0.1, 0.15) is 12.9 Å². The van der Waals surface area contributed by atoms with E-state index in [-0.39, 0.29) is 29.4 Å². The highest BCUT2D eigenvalue weighted by molar-refractivity contribution is 5.94. The number of nitrogens with one attached hydrogen (secondary N) is 1. The molecule has 5 rings (SSSR count). The summed E-state index contributed by atoms with van der Waals surface area (Å²) in [5, 5.41) is 13.9. The van der Waals surface area contributed by atoms with Gasteiger partial charge in [0.2, 0.25) is 5.91 Å². The predicted octanol–water partition coefficient (Wildman–Crippen LogP) is 4.75. The van der Waals surface area contributed by atoms with Crippen molar-refractivity contribution in [3.05, 3.63) is 54.6 Å². The normalized spacial score (nSPS) is 27.3. The van der Waals surface area contributed by atoms with Gasteiger partial charge >= 0.3 is 6.03 Å². The topological polar surface area (TPSA) is 98.7 Å². The molecule has 1 aliphatic heterocycles. The fourth-order valence-corrected chi connectivity index (χ4v) is 6.85. The number of amides is 3.